The van der Waals surface area contributed by atoms with Crippen molar-refractivity contribution in [3.8, 4) is 95.7 Å². The summed E-state index contributed by atoms with van der Waals surface area (Å²) in [5, 5.41) is 16.7. The van der Waals surface area contributed by atoms with Crippen LogP contribution in [0.5, 0.6) is 0 Å². The van der Waals surface area contributed by atoms with Crippen LogP contribution >= 0.6 is 15.9 Å². The van der Waals surface area contributed by atoms with Gasteiger partial charge in [-0.25, -0.2) is 19.9 Å². The molecule has 10 heteroatoms. The van der Waals surface area contributed by atoms with Gasteiger partial charge in [0, 0.05) is 128 Å². The number of nitrogens with zero attached hydrogens (tertiary/aromatic N) is 9. The molecule has 131 heavy (non-hydrogen) atoms. The van der Waals surface area contributed by atoms with Crippen molar-refractivity contribution in [1.82, 2.24) is 43.6 Å². The molecule has 0 bridgehead atoms. The van der Waals surface area contributed by atoms with Crippen molar-refractivity contribution in [2.75, 3.05) is 0 Å². The first-order valence-electron chi connectivity index (χ1n) is 44.9. The lowest BCUT2D eigenvalue weighted by molar-refractivity contribution is 0.636. The number of rotatable bonds is 7. The summed E-state index contributed by atoms with van der Waals surface area (Å²) in [6, 6.07) is 131. The molecule has 0 unspecified atom stereocenters. The van der Waals surface area contributed by atoms with Crippen molar-refractivity contribution in [3.05, 3.63) is 438 Å². The first kappa shape index (κ1) is 76.0. The maximum atomic E-state index is 5.83. The zero-order valence-corrected chi connectivity index (χ0v) is 73.7. The normalized spacial score (nSPS) is 13.4. The Balaban J connectivity index is 0.000000117. The van der Waals surface area contributed by atoms with Crippen LogP contribution in [0.1, 0.15) is 72.5 Å². The lowest BCUT2D eigenvalue weighted by atomic mass is 9.85. The molecule has 4 aliphatic carbocycles. The van der Waals surface area contributed by atoms with E-state index in [1.807, 2.05) is 24.5 Å². The van der Waals surface area contributed by atoms with E-state index in [9.17, 15) is 0 Å². The number of pyridine rings is 2. The Hall–Kier alpha value is -16.2. The molecule has 24 aromatic rings. The molecular weight excluding hydrogens is 1660 g/mol. The zero-order chi connectivity index (χ0) is 87.1. The van der Waals surface area contributed by atoms with Gasteiger partial charge in [-0.15, -0.1) is 0 Å². The average Bonchev–Trinajstić information content (AvgIpc) is 1.58. The fourth-order valence-corrected chi connectivity index (χ4v) is 22.2. The predicted molar refractivity (Wildman–Crippen MR) is 546 cm³/mol. The summed E-state index contributed by atoms with van der Waals surface area (Å²) < 4.78 is 8.11. The lowest BCUT2D eigenvalue weighted by Gasteiger charge is -2.22. The van der Waals surface area contributed by atoms with Gasteiger partial charge in [0.05, 0.1) is 113 Å². The van der Waals surface area contributed by atoms with Crippen LogP contribution in [0, 0.1) is 6.08 Å². The van der Waals surface area contributed by atoms with Crippen molar-refractivity contribution in [2.45, 2.75) is 44.9 Å². The van der Waals surface area contributed by atoms with E-state index in [0.717, 1.165) is 167 Å². The molecule has 4 aliphatic rings. The summed E-state index contributed by atoms with van der Waals surface area (Å²) >= 11 is 3.74. The minimum absolute atomic E-state index is 0.290. The maximum absolute atomic E-state index is 5.83. The number of allylic oxidation sites excluding steroid dienone is 2. The number of aromatic nitrogens is 9. The van der Waals surface area contributed by atoms with Crippen molar-refractivity contribution >= 4 is 148 Å². The van der Waals surface area contributed by atoms with Crippen LogP contribution in [0.15, 0.2) is 387 Å². The van der Waals surface area contributed by atoms with E-state index >= 15 is 0 Å². The van der Waals surface area contributed by atoms with Gasteiger partial charge in [0.25, 0.3) is 0 Å². The molecule has 7 aromatic heterocycles. The topological polar surface area (TPSA) is 92.1 Å². The van der Waals surface area contributed by atoms with Crippen molar-refractivity contribution in [2.24, 2.45) is 0 Å². The molecule has 0 N–H and O–H groups in total. The highest BCUT2D eigenvalue weighted by atomic mass is 79.9. The Morgan fingerprint density at radius 3 is 1.26 bits per heavy atom. The van der Waals surface area contributed by atoms with E-state index in [0.29, 0.717) is 0 Å². The smallest absolute Gasteiger partial charge is 0.111 e. The molecule has 0 radical (unpaired) electrons. The Morgan fingerprint density at radius 2 is 0.710 bits per heavy atom. The number of para-hydroxylation sites is 4. The van der Waals surface area contributed by atoms with Crippen molar-refractivity contribution in [3.63, 3.8) is 0 Å². The summed E-state index contributed by atoms with van der Waals surface area (Å²) in [6.45, 7) is 9.08. The number of benzene rings is 17. The first-order chi connectivity index (χ1) is 64.4. The summed E-state index contributed by atoms with van der Waals surface area (Å²) in [6.07, 6.45) is 14.2. The molecule has 0 fully saturated rings. The van der Waals surface area contributed by atoms with Gasteiger partial charge in [0.15, 0.2) is 0 Å². The van der Waals surface area contributed by atoms with Gasteiger partial charge in [-0.2, -0.15) is 0 Å². The number of halogens is 1. The van der Waals surface area contributed by atoms with Crippen LogP contribution < -0.4 is 0 Å². The molecule has 28 rings (SSSR count). The van der Waals surface area contributed by atoms with E-state index in [2.05, 4.69) is 433 Å². The molecule has 7 heterocycles. The number of fused-ring (bicyclic) bond motifs is 24. The van der Waals surface area contributed by atoms with Crippen LogP contribution in [0.4, 0.5) is 0 Å². The Kier molecular flexibility index (Phi) is 17.1. The van der Waals surface area contributed by atoms with E-state index in [-0.39, 0.29) is 10.8 Å². The number of hydrogen-bond acceptors (Lipinski definition) is 6. The second kappa shape index (κ2) is 29.4. The van der Waals surface area contributed by atoms with Crippen molar-refractivity contribution < 1.29 is 0 Å². The van der Waals surface area contributed by atoms with Gasteiger partial charge in [-0.05, 0) is 203 Å². The third-order valence-corrected chi connectivity index (χ3v) is 28.5. The fraction of sp³-hybridized carbons (Fsp3) is 0.0579. The van der Waals surface area contributed by atoms with E-state index in [1.165, 1.54) is 104 Å². The third kappa shape index (κ3) is 11.8. The van der Waals surface area contributed by atoms with Gasteiger partial charge >= 0.3 is 0 Å². The van der Waals surface area contributed by atoms with Crippen LogP contribution in [-0.2, 0) is 17.3 Å². The Bertz CT molecular complexity index is 9010. The van der Waals surface area contributed by atoms with Crippen LogP contribution in [0.25, 0.3) is 227 Å². The minimum atomic E-state index is -0.351. The highest BCUT2D eigenvalue weighted by molar-refractivity contribution is 9.10. The van der Waals surface area contributed by atoms with E-state index in [1.54, 1.807) is 0 Å². The Labute approximate surface area is 764 Å². The van der Waals surface area contributed by atoms with Gasteiger partial charge in [0.1, 0.15) is 12.2 Å². The van der Waals surface area contributed by atoms with Gasteiger partial charge in [0.2, 0.25) is 0 Å². The molecule has 0 aliphatic heterocycles. The summed E-state index contributed by atoms with van der Waals surface area (Å²) in [7, 11) is 0. The maximum Gasteiger partial charge on any atom is 0.111 e. The molecule has 17 aromatic carbocycles. The van der Waals surface area contributed by atoms with Gasteiger partial charge in [-0.3, -0.25) is 9.97 Å². The van der Waals surface area contributed by atoms with Crippen molar-refractivity contribution in [1.29, 1.82) is 0 Å². The summed E-state index contributed by atoms with van der Waals surface area (Å²) in [5.74, 6) is 0. The lowest BCUT2D eigenvalue weighted by Crippen LogP contribution is -2.17. The summed E-state index contributed by atoms with van der Waals surface area (Å²) in [5.41, 5.74) is 35.8. The van der Waals surface area contributed by atoms with E-state index in [4.69, 9.17) is 29.9 Å². The van der Waals surface area contributed by atoms with Gasteiger partial charge in [-0.1, -0.05) is 270 Å². The third-order valence-electron chi connectivity index (χ3n) is 27.9. The highest BCUT2D eigenvalue weighted by Gasteiger charge is 2.42. The molecule has 9 nitrogen and oxygen atoms in total. The minimum Gasteiger partial charge on any atom is -0.309 e. The van der Waals surface area contributed by atoms with Gasteiger partial charge < -0.3 is 13.7 Å². The quantitative estimate of drug-likeness (QED) is 0.148. The molecule has 0 spiro atoms. The molecular formula is C121H79BrN9+. The van der Waals surface area contributed by atoms with Crippen LogP contribution in [0.3, 0.4) is 0 Å². The van der Waals surface area contributed by atoms with Crippen LogP contribution in [0.2, 0.25) is 0 Å². The standard InChI is InChI=1S/C60H39N5.C40H27BrN4.C21H13/c1-60(2)48-26-12-10-22-43(48)58-59(60)63-57(45-24-14-28-50-54(45)44-23-11-13-27-49(44)64(50)40-20-4-3-5-21-40)56(62-58)42-29-30-51(55-41(42)25-15-31-61-55)65-52-34-38-18-8-6-16-36(38)32-46(52)47-33-37-17-7-9-19-39(37)35-53(47)65;1-40(2)30-18-8-6-14-27(30)38-39(40)44-37(36(43-38)26-21-22-31(41)35-25(26)17-11-23-42-35)29-16-10-20-33-34(29)28-15-7-9-19-32(28)45(33)24-12-4-3-5-13-24;1-3-7-16-12-20-18(9-14(16)5-1)11-19-10-15-6-2-4-8-17(15)13-21(19)20/h3-35H,1-2H3;3-23H,1-2H3;1,3-10,12-13H,11H2/q;;+1. The average molecular weight is 1740 g/mol. The summed E-state index contributed by atoms with van der Waals surface area (Å²) in [4.78, 5) is 32.8. The predicted octanol–water partition coefficient (Wildman–Crippen LogP) is 30.9. The molecule has 0 saturated heterocycles. The molecule has 0 saturated carbocycles. The largest absolute Gasteiger partial charge is 0.309 e. The highest BCUT2D eigenvalue weighted by Crippen LogP contribution is 2.55. The first-order valence-corrected chi connectivity index (χ1v) is 45.6. The SMILES string of the molecule is CC1(C)c2ccccc2-c2nc(-c3ccc(-n4c5cc6ccccc6cc5c5cc6ccccc6cc54)c4ncccc34)c(-c3cccc4c3c3ccccc3n4-c3ccccc3)nc21.CC1(C)c2ccccc2-c2nc(-c3ccc(Br)c4ncccc34)c(-c3cccc4c3c3ccccc3n4-c3ccccc3)nc21.[C+]1=Cc2cc3c(cc2C=C1)-c1cc2ccccc2cc1C3. The zero-order valence-electron chi connectivity index (χ0n) is 72.1. The fourth-order valence-electron chi connectivity index (χ4n) is 21.8. The number of hydrogen-bond donors (Lipinski definition) is 0. The monoisotopic (exact) mass is 1740 g/mol. The second-order valence-corrected chi connectivity index (χ2v) is 36.8. The Morgan fingerprint density at radius 1 is 0.290 bits per heavy atom. The van der Waals surface area contributed by atoms with E-state index < -0.39 is 0 Å². The molecule has 0 amide bonds. The second-order valence-electron chi connectivity index (χ2n) is 36.0. The molecule has 614 valence electrons. The van der Waals surface area contributed by atoms with Crippen LogP contribution in [-0.4, -0.2) is 43.6 Å². The molecule has 0 atom stereocenters.